The molecule has 2 N–H and O–H groups in total. The summed E-state index contributed by atoms with van der Waals surface area (Å²) in [7, 11) is 0. The van der Waals surface area contributed by atoms with Crippen LogP contribution in [0.3, 0.4) is 0 Å². The summed E-state index contributed by atoms with van der Waals surface area (Å²) in [6, 6.07) is 5.05. The molecule has 2 rings (SSSR count). The molecule has 0 saturated carbocycles. The van der Waals surface area contributed by atoms with Gasteiger partial charge in [0.25, 0.3) is 0 Å². The molecule has 1 aromatic carbocycles. The highest BCUT2D eigenvalue weighted by molar-refractivity contribution is 6.34. The number of hydrogen-bond acceptors (Lipinski definition) is 1. The zero-order valence-electron chi connectivity index (χ0n) is 7.18. The minimum atomic E-state index is -0.161. The van der Waals surface area contributed by atoms with E-state index < -0.39 is 0 Å². The van der Waals surface area contributed by atoms with Gasteiger partial charge in [-0.1, -0.05) is 23.2 Å². The summed E-state index contributed by atoms with van der Waals surface area (Å²) in [5.41, 5.74) is 0.917. The molecule has 1 aliphatic heterocycles. The molecule has 0 aliphatic carbocycles. The molecule has 74 valence electrons. The van der Waals surface area contributed by atoms with Crippen molar-refractivity contribution in [3.8, 4) is 0 Å². The summed E-state index contributed by atoms with van der Waals surface area (Å²) >= 11 is 11.7. The van der Waals surface area contributed by atoms with Gasteiger partial charge in [0.15, 0.2) is 0 Å². The fourth-order valence-corrected chi connectivity index (χ4v) is 1.98. The van der Waals surface area contributed by atoms with Gasteiger partial charge in [-0.25, -0.2) is 4.79 Å². The smallest absolute Gasteiger partial charge is 0.315 e. The Kier molecular flexibility index (Phi) is 2.52. The van der Waals surface area contributed by atoms with E-state index in [1.165, 1.54) is 0 Å². The van der Waals surface area contributed by atoms with Crippen molar-refractivity contribution < 1.29 is 4.79 Å². The van der Waals surface area contributed by atoms with Gasteiger partial charge >= 0.3 is 6.03 Å². The molecule has 0 unspecified atom stereocenters. The van der Waals surface area contributed by atoms with Gasteiger partial charge < -0.3 is 10.6 Å². The largest absolute Gasteiger partial charge is 0.336 e. The topological polar surface area (TPSA) is 41.1 Å². The highest BCUT2D eigenvalue weighted by Crippen LogP contribution is 2.24. The molecule has 14 heavy (non-hydrogen) atoms. The zero-order valence-corrected chi connectivity index (χ0v) is 8.69. The lowest BCUT2D eigenvalue weighted by molar-refractivity contribution is 0.247. The highest BCUT2D eigenvalue weighted by atomic mass is 35.5. The Balaban J connectivity index is 2.27. The highest BCUT2D eigenvalue weighted by Gasteiger charge is 2.21. The number of amides is 2. The second-order valence-corrected chi connectivity index (χ2v) is 3.98. The molecule has 0 spiro atoms. The third-order valence-electron chi connectivity index (χ3n) is 2.06. The third-order valence-corrected chi connectivity index (χ3v) is 2.50. The van der Waals surface area contributed by atoms with Crippen LogP contribution in [0, 0.1) is 0 Å². The maximum atomic E-state index is 10.9. The van der Waals surface area contributed by atoms with Gasteiger partial charge in [-0.15, -0.1) is 0 Å². The van der Waals surface area contributed by atoms with Crippen molar-refractivity contribution in [2.75, 3.05) is 6.54 Å². The molecule has 1 aliphatic rings. The lowest BCUT2D eigenvalue weighted by atomic mass is 10.1. The Morgan fingerprint density at radius 3 is 2.36 bits per heavy atom. The van der Waals surface area contributed by atoms with Crippen LogP contribution in [0.15, 0.2) is 18.2 Å². The average Bonchev–Trinajstić information content (AvgIpc) is 2.50. The number of benzene rings is 1. The van der Waals surface area contributed by atoms with Crippen LogP contribution in [0.4, 0.5) is 4.79 Å². The number of hydrogen-bond donors (Lipinski definition) is 2. The summed E-state index contributed by atoms with van der Waals surface area (Å²) < 4.78 is 0. The minimum absolute atomic E-state index is 0.0429. The molecule has 1 fully saturated rings. The number of nitrogens with one attached hydrogen (secondary N) is 2. The first-order chi connectivity index (χ1) is 6.65. The van der Waals surface area contributed by atoms with E-state index in [1.54, 1.807) is 18.2 Å². The summed E-state index contributed by atoms with van der Waals surface area (Å²) in [6.45, 7) is 0.565. The number of rotatable bonds is 1. The molecule has 2 amide bonds. The van der Waals surface area contributed by atoms with Gasteiger partial charge in [0, 0.05) is 16.6 Å². The van der Waals surface area contributed by atoms with Gasteiger partial charge in [-0.3, -0.25) is 0 Å². The van der Waals surface area contributed by atoms with E-state index in [9.17, 15) is 4.79 Å². The summed E-state index contributed by atoms with van der Waals surface area (Å²) in [5.74, 6) is 0. The second kappa shape index (κ2) is 3.67. The van der Waals surface area contributed by atoms with Crippen LogP contribution in [-0.2, 0) is 0 Å². The van der Waals surface area contributed by atoms with E-state index in [-0.39, 0.29) is 12.1 Å². The van der Waals surface area contributed by atoms with E-state index in [0.29, 0.717) is 16.6 Å². The Hall–Kier alpha value is -0.930. The van der Waals surface area contributed by atoms with E-state index in [4.69, 9.17) is 23.2 Å². The van der Waals surface area contributed by atoms with Crippen molar-refractivity contribution in [2.24, 2.45) is 0 Å². The molecule has 5 heteroatoms. The monoisotopic (exact) mass is 230 g/mol. The molecule has 3 nitrogen and oxygen atoms in total. The van der Waals surface area contributed by atoms with Crippen LogP contribution in [0.5, 0.6) is 0 Å². The Morgan fingerprint density at radius 2 is 1.86 bits per heavy atom. The van der Waals surface area contributed by atoms with Crippen LogP contribution >= 0.6 is 23.2 Å². The molecule has 1 saturated heterocycles. The van der Waals surface area contributed by atoms with Crippen molar-refractivity contribution in [3.63, 3.8) is 0 Å². The van der Waals surface area contributed by atoms with Gasteiger partial charge in [-0.05, 0) is 23.8 Å². The summed E-state index contributed by atoms with van der Waals surface area (Å²) in [4.78, 5) is 10.9. The molecular formula is C9H8Cl2N2O. The first kappa shape index (κ1) is 9.62. The van der Waals surface area contributed by atoms with Gasteiger partial charge in [0.2, 0.25) is 0 Å². The molecule has 1 atom stereocenters. The maximum Gasteiger partial charge on any atom is 0.315 e. The quantitative estimate of drug-likeness (QED) is 0.765. The van der Waals surface area contributed by atoms with Crippen LogP contribution in [0.2, 0.25) is 10.0 Å². The number of carbonyl (C=O) groups is 1. The minimum Gasteiger partial charge on any atom is -0.336 e. The van der Waals surface area contributed by atoms with Crippen molar-refractivity contribution in [2.45, 2.75) is 6.04 Å². The van der Waals surface area contributed by atoms with Crippen LogP contribution in [-0.4, -0.2) is 12.6 Å². The standard InChI is InChI=1S/C9H8Cl2N2O/c10-6-1-5(2-7(11)3-6)8-4-12-9(14)13-8/h1-3,8H,4H2,(H2,12,13,14)/t8-/m1/s1. The van der Waals surface area contributed by atoms with Gasteiger partial charge in [-0.2, -0.15) is 0 Å². The normalized spacial score (nSPS) is 20.4. The van der Waals surface area contributed by atoms with Gasteiger partial charge in [0.05, 0.1) is 6.04 Å². The zero-order chi connectivity index (χ0) is 10.1. The lowest BCUT2D eigenvalue weighted by Crippen LogP contribution is -2.21. The molecule has 1 aromatic rings. The molecular weight excluding hydrogens is 223 g/mol. The predicted octanol–water partition coefficient (Wildman–Crippen LogP) is 2.35. The SMILES string of the molecule is O=C1NC[C@H](c2cc(Cl)cc(Cl)c2)N1. The summed E-state index contributed by atoms with van der Waals surface area (Å²) in [5, 5.41) is 6.58. The number of halogens is 2. The maximum absolute atomic E-state index is 10.9. The lowest BCUT2D eigenvalue weighted by Gasteiger charge is -2.09. The predicted molar refractivity (Wildman–Crippen MR) is 55.7 cm³/mol. The summed E-state index contributed by atoms with van der Waals surface area (Å²) in [6.07, 6.45) is 0. The van der Waals surface area contributed by atoms with Crippen LogP contribution < -0.4 is 10.6 Å². The first-order valence-electron chi connectivity index (χ1n) is 4.15. The van der Waals surface area contributed by atoms with E-state index in [1.807, 2.05) is 0 Å². The van der Waals surface area contributed by atoms with E-state index >= 15 is 0 Å². The fourth-order valence-electron chi connectivity index (χ4n) is 1.43. The molecule has 0 radical (unpaired) electrons. The van der Waals surface area contributed by atoms with Crippen molar-refractivity contribution >= 4 is 29.2 Å². The van der Waals surface area contributed by atoms with Crippen molar-refractivity contribution in [1.29, 1.82) is 0 Å². The Bertz CT molecular complexity index is 361. The van der Waals surface area contributed by atoms with Crippen molar-refractivity contribution in [1.82, 2.24) is 10.6 Å². The van der Waals surface area contributed by atoms with E-state index in [0.717, 1.165) is 5.56 Å². The first-order valence-corrected chi connectivity index (χ1v) is 4.91. The Morgan fingerprint density at radius 1 is 1.21 bits per heavy atom. The van der Waals surface area contributed by atoms with Gasteiger partial charge in [0.1, 0.15) is 0 Å². The van der Waals surface area contributed by atoms with E-state index in [2.05, 4.69) is 10.6 Å². The molecule has 0 bridgehead atoms. The Labute approximate surface area is 91.4 Å². The number of urea groups is 1. The third kappa shape index (κ3) is 1.94. The molecule has 0 aromatic heterocycles. The fraction of sp³-hybridized carbons (Fsp3) is 0.222. The average molecular weight is 231 g/mol. The van der Waals surface area contributed by atoms with Crippen LogP contribution in [0.1, 0.15) is 11.6 Å². The second-order valence-electron chi connectivity index (χ2n) is 3.11. The van der Waals surface area contributed by atoms with Crippen LogP contribution in [0.25, 0.3) is 0 Å². The number of carbonyl (C=O) groups excluding carboxylic acids is 1. The van der Waals surface area contributed by atoms with Crippen molar-refractivity contribution in [3.05, 3.63) is 33.8 Å². The molecule has 1 heterocycles.